The van der Waals surface area contributed by atoms with E-state index in [-0.39, 0.29) is 0 Å². The Morgan fingerprint density at radius 3 is 1.58 bits per heavy atom. The van der Waals surface area contributed by atoms with Gasteiger partial charge in [0.05, 0.1) is 5.24 Å². The van der Waals surface area contributed by atoms with Crippen molar-refractivity contribution in [2.75, 3.05) is 12.8 Å². The van der Waals surface area contributed by atoms with Gasteiger partial charge in [-0.05, 0) is 60.9 Å². The molecule has 0 atom stereocenters. The Labute approximate surface area is 198 Å². The molecule has 0 nitrogen and oxygen atoms in total. The Morgan fingerprint density at radius 1 is 0.885 bits per heavy atom. The van der Waals surface area contributed by atoms with E-state index in [4.69, 9.17) is 24.1 Å². The zero-order valence-corrected chi connectivity index (χ0v) is 23.8. The smallest absolute Gasteiger partial charge is 0.0584 e. The molecule has 0 spiro atoms. The van der Waals surface area contributed by atoms with Crippen LogP contribution in [0.2, 0.25) is 0 Å². The van der Waals surface area contributed by atoms with Crippen molar-refractivity contribution in [3.8, 4) is 0 Å². The minimum absolute atomic E-state index is 0.993. The molecule has 0 unspecified atom stereocenters. The molecule has 0 aromatic heterocycles. The van der Waals surface area contributed by atoms with Crippen LogP contribution in [0.3, 0.4) is 0 Å². The largest absolute Gasteiger partial charge is 0.133 e. The van der Waals surface area contributed by atoms with Gasteiger partial charge < -0.3 is 0 Å². The van der Waals surface area contributed by atoms with Crippen LogP contribution in [-0.4, -0.2) is 12.8 Å². The van der Waals surface area contributed by atoms with Crippen LogP contribution in [0.5, 0.6) is 0 Å². The molecule has 0 saturated heterocycles. The SMILES string of the molecule is CCl.CCl.S=P(S)(c1ccccc1)c1ccccc1.S=PP=S=S=S=S. The first-order chi connectivity index (χ1) is 12.6. The van der Waals surface area contributed by atoms with Crippen molar-refractivity contribution in [1.29, 1.82) is 0 Å². The first-order valence-corrected chi connectivity index (χ1v) is 20.5. The van der Waals surface area contributed by atoms with Crippen molar-refractivity contribution in [2.24, 2.45) is 0 Å². The van der Waals surface area contributed by atoms with Gasteiger partial charge in [0, 0.05) is 26.9 Å². The maximum atomic E-state index is 5.65. The van der Waals surface area contributed by atoms with E-state index in [1.165, 1.54) is 28.7 Å². The van der Waals surface area contributed by atoms with E-state index in [1.807, 2.05) is 36.4 Å². The molecule has 2 aromatic rings. The van der Waals surface area contributed by atoms with E-state index in [0.29, 0.717) is 0 Å². The summed E-state index contributed by atoms with van der Waals surface area (Å²) in [7, 11) is 6.83. The number of rotatable bonds is 3. The molecule has 0 amide bonds. The van der Waals surface area contributed by atoms with Crippen molar-refractivity contribution in [3.05, 3.63) is 60.7 Å². The molecule has 2 aromatic carbocycles. The van der Waals surface area contributed by atoms with Crippen LogP contribution in [0.25, 0.3) is 0 Å². The number of benzene rings is 2. The lowest BCUT2D eigenvalue weighted by atomic mass is 10.4. The summed E-state index contributed by atoms with van der Waals surface area (Å²) in [6.45, 7) is 0. The van der Waals surface area contributed by atoms with E-state index >= 15 is 0 Å². The molecule has 0 radical (unpaired) electrons. The predicted molar refractivity (Wildman–Crippen MR) is 150 cm³/mol. The van der Waals surface area contributed by atoms with E-state index in [1.54, 1.807) is 18.4 Å². The van der Waals surface area contributed by atoms with Gasteiger partial charge in [0.25, 0.3) is 0 Å². The van der Waals surface area contributed by atoms with Crippen molar-refractivity contribution in [2.45, 2.75) is 0 Å². The summed E-state index contributed by atoms with van der Waals surface area (Å²) in [6.07, 6.45) is 2.94. The third-order valence-electron chi connectivity index (χ3n) is 2.34. The molecule has 0 N–H and O–H groups in total. The summed E-state index contributed by atoms with van der Waals surface area (Å²) in [5.74, 6) is 0. The van der Waals surface area contributed by atoms with Gasteiger partial charge in [0.15, 0.2) is 0 Å². The van der Waals surface area contributed by atoms with Crippen LogP contribution in [-0.2, 0) is 62.1 Å². The number of halogens is 2. The number of thiol groups is 1. The fourth-order valence-electron chi connectivity index (χ4n) is 1.45. The molecule has 0 saturated carbocycles. The predicted octanol–water partition coefficient (Wildman–Crippen LogP) is 6.38. The normalized spacial score (nSPS) is 9.27. The molecule has 0 fully saturated rings. The number of alkyl halides is 2. The highest BCUT2D eigenvalue weighted by atomic mass is 35.5. The fraction of sp³-hybridized carbons (Fsp3) is 0.143. The van der Waals surface area contributed by atoms with E-state index < -0.39 is 5.24 Å². The van der Waals surface area contributed by atoms with Gasteiger partial charge in [-0.1, -0.05) is 72.5 Å². The molecule has 12 heteroatoms. The minimum Gasteiger partial charge on any atom is -0.133 e. The summed E-state index contributed by atoms with van der Waals surface area (Å²) < 4.78 is 0. The quantitative estimate of drug-likeness (QED) is 0.257. The monoisotopic (exact) mass is 572 g/mol. The highest BCUT2D eigenvalue weighted by Crippen LogP contribution is 2.48. The molecule has 26 heavy (non-hydrogen) atoms. The molecule has 0 bridgehead atoms. The zero-order chi connectivity index (χ0) is 20.3. The molecular weight excluding hydrogens is 556 g/mol. The van der Waals surface area contributed by atoms with Gasteiger partial charge in [-0.3, -0.25) is 0 Å². The van der Waals surface area contributed by atoms with Crippen LogP contribution in [0.4, 0.5) is 0 Å². The van der Waals surface area contributed by atoms with Crippen LogP contribution >= 0.6 is 54.8 Å². The average Bonchev–Trinajstić information content (AvgIpc) is 2.73. The van der Waals surface area contributed by atoms with E-state index in [0.717, 1.165) is 17.7 Å². The number of hydrogen-bond donors (Lipinski definition) is 1. The molecule has 0 heterocycles. The van der Waals surface area contributed by atoms with Gasteiger partial charge in [0.2, 0.25) is 0 Å². The van der Waals surface area contributed by atoms with E-state index in [2.05, 4.69) is 70.5 Å². The fourth-order valence-corrected chi connectivity index (χ4v) is 14.0. The molecule has 2 rings (SSSR count). The molecular formula is C14H17Cl2P3S7. The van der Waals surface area contributed by atoms with Gasteiger partial charge in [0.1, 0.15) is 0 Å². The second kappa shape index (κ2) is 21.4. The van der Waals surface area contributed by atoms with Crippen molar-refractivity contribution in [1.82, 2.24) is 0 Å². The van der Waals surface area contributed by atoms with Crippen LogP contribution in [0.15, 0.2) is 60.7 Å². The number of hydrogen-bond acceptors (Lipinski definition) is 3. The van der Waals surface area contributed by atoms with Crippen molar-refractivity contribution in [3.63, 3.8) is 0 Å². The molecule has 144 valence electrons. The van der Waals surface area contributed by atoms with Gasteiger partial charge in [-0.25, -0.2) is 0 Å². The van der Waals surface area contributed by atoms with Gasteiger partial charge in [-0.15, -0.1) is 35.5 Å². The molecule has 0 aliphatic heterocycles. The molecule has 0 aliphatic rings. The molecule has 0 aliphatic carbocycles. The Balaban J connectivity index is 0. The van der Waals surface area contributed by atoms with Crippen LogP contribution in [0.1, 0.15) is 0 Å². The second-order valence-electron chi connectivity index (χ2n) is 3.62. The van der Waals surface area contributed by atoms with Gasteiger partial charge in [-0.2, -0.15) is 0 Å². The Morgan fingerprint density at radius 2 is 1.27 bits per heavy atom. The standard InChI is InChI=1S/C12H11PS2.2CH3Cl.P2S5/c14-13(15,11-7-3-1-4-8-11)12-9-5-2-6-10-12;2*1-2;3-1-2-5-7-6-4/h1-10H,(H,14,15);2*1H3;. The minimum atomic E-state index is -1.87. The Bertz CT molecular complexity index is 743. The topological polar surface area (TPSA) is 0 Å². The zero-order valence-electron chi connectivity index (χ0n) is 13.8. The maximum absolute atomic E-state index is 5.65. The Hall–Kier alpha value is 1.72. The summed E-state index contributed by atoms with van der Waals surface area (Å²) >= 11 is 28.9. The summed E-state index contributed by atoms with van der Waals surface area (Å²) in [4.78, 5) is 0. The van der Waals surface area contributed by atoms with E-state index in [9.17, 15) is 0 Å². The third kappa shape index (κ3) is 13.8. The third-order valence-corrected chi connectivity index (χ3v) is 17.0. The summed E-state index contributed by atoms with van der Waals surface area (Å²) in [5, 5.41) is 0.426. The van der Waals surface area contributed by atoms with Crippen molar-refractivity contribution < 1.29 is 0 Å². The van der Waals surface area contributed by atoms with Crippen LogP contribution in [0, 0.1) is 0 Å². The van der Waals surface area contributed by atoms with Gasteiger partial charge >= 0.3 is 0 Å². The van der Waals surface area contributed by atoms with Crippen LogP contribution < -0.4 is 10.6 Å². The Kier molecular flexibility index (Phi) is 24.7. The lowest BCUT2D eigenvalue weighted by Crippen LogP contribution is -2.10. The second-order valence-corrected chi connectivity index (χ2v) is 19.8. The summed E-state index contributed by atoms with van der Waals surface area (Å²) in [6, 6.07) is 20.3. The lowest BCUT2D eigenvalue weighted by Gasteiger charge is -2.16. The lowest BCUT2D eigenvalue weighted by molar-refractivity contribution is 1.76. The highest BCUT2D eigenvalue weighted by molar-refractivity contribution is 8.68. The maximum Gasteiger partial charge on any atom is 0.0584 e. The first kappa shape index (κ1) is 29.9. The highest BCUT2D eigenvalue weighted by Gasteiger charge is 2.15. The average molecular weight is 574 g/mol. The first-order valence-electron chi connectivity index (χ1n) is 6.47. The van der Waals surface area contributed by atoms with Crippen molar-refractivity contribution >= 4 is 127 Å². The summed E-state index contributed by atoms with van der Waals surface area (Å²) in [5.41, 5.74) is 0.